The lowest BCUT2D eigenvalue weighted by Crippen LogP contribution is -2.47. The van der Waals surface area contributed by atoms with E-state index in [1.807, 2.05) is 0 Å². The van der Waals surface area contributed by atoms with Gasteiger partial charge in [-0.25, -0.2) is 0 Å². The Hall–Kier alpha value is -1.59. The molecule has 0 aromatic heterocycles. The van der Waals surface area contributed by atoms with Gasteiger partial charge in [-0.3, -0.25) is 14.4 Å². The maximum absolute atomic E-state index is 11.7. The van der Waals surface area contributed by atoms with Gasteiger partial charge in [0.25, 0.3) is 5.41 Å². The van der Waals surface area contributed by atoms with Crippen LogP contribution >= 0.6 is 0 Å². The summed E-state index contributed by atoms with van der Waals surface area (Å²) in [6, 6.07) is 0. The fourth-order valence-electron chi connectivity index (χ4n) is 3.34. The van der Waals surface area contributed by atoms with Crippen LogP contribution in [0.2, 0.25) is 0 Å². The molecule has 0 heterocycles. The van der Waals surface area contributed by atoms with Gasteiger partial charge in [-0.05, 0) is 6.42 Å². The van der Waals surface area contributed by atoms with E-state index >= 15 is 0 Å². The minimum atomic E-state index is -2.48. The lowest BCUT2D eigenvalue weighted by molar-refractivity contribution is -0.178. The van der Waals surface area contributed by atoms with E-state index in [-0.39, 0.29) is 6.42 Å². The molecule has 27 heavy (non-hydrogen) atoms. The van der Waals surface area contributed by atoms with Crippen LogP contribution in [0, 0.1) is 5.41 Å². The van der Waals surface area contributed by atoms with Crippen LogP contribution in [0.3, 0.4) is 0 Å². The van der Waals surface area contributed by atoms with Gasteiger partial charge in [0.1, 0.15) is 0 Å². The lowest BCUT2D eigenvalue weighted by Gasteiger charge is -2.21. The molecule has 0 aliphatic rings. The number of carbonyl (C=O) groups excluding carboxylic acids is 1. The van der Waals surface area contributed by atoms with Crippen molar-refractivity contribution in [3.05, 3.63) is 0 Å². The average molecular weight is 387 g/mol. The third kappa shape index (κ3) is 9.78. The van der Waals surface area contributed by atoms with E-state index in [1.165, 1.54) is 57.8 Å². The number of rotatable bonds is 18. The van der Waals surface area contributed by atoms with Crippen LogP contribution in [0.25, 0.3) is 0 Å². The number of carbonyl (C=O) groups is 3. The van der Waals surface area contributed by atoms with E-state index in [9.17, 15) is 24.6 Å². The van der Waals surface area contributed by atoms with Gasteiger partial charge in [0.05, 0.1) is 7.11 Å². The van der Waals surface area contributed by atoms with Crippen molar-refractivity contribution < 1.29 is 29.3 Å². The molecule has 0 spiro atoms. The van der Waals surface area contributed by atoms with Gasteiger partial charge in [-0.15, -0.1) is 0 Å². The van der Waals surface area contributed by atoms with Crippen LogP contribution in [0.5, 0.6) is 0 Å². The van der Waals surface area contributed by atoms with E-state index in [2.05, 4.69) is 11.7 Å². The first-order valence-corrected chi connectivity index (χ1v) is 10.5. The van der Waals surface area contributed by atoms with Gasteiger partial charge in [0, 0.05) is 0 Å². The molecule has 0 aromatic rings. The molecule has 0 rings (SSSR count). The molecule has 6 heteroatoms. The molecule has 0 unspecified atom stereocenters. The number of ether oxygens (including phenoxy) is 1. The average Bonchev–Trinajstić information content (AvgIpc) is 2.64. The normalized spacial score (nSPS) is 11.3. The number of unbranched alkanes of at least 4 members (excludes halogenated alkanes) is 13. The molecule has 0 fully saturated rings. The third-order valence-corrected chi connectivity index (χ3v) is 5.17. The summed E-state index contributed by atoms with van der Waals surface area (Å²) >= 11 is 0. The zero-order valence-corrected chi connectivity index (χ0v) is 17.1. The maximum Gasteiger partial charge on any atom is 0.334 e. The predicted octanol–water partition coefficient (Wildman–Crippen LogP) is 5.19. The second kappa shape index (κ2) is 15.5. The van der Waals surface area contributed by atoms with Crippen molar-refractivity contribution in [2.45, 2.75) is 103 Å². The topological polar surface area (TPSA) is 101 Å². The Balaban J connectivity index is 3.79. The van der Waals surface area contributed by atoms with E-state index in [1.54, 1.807) is 0 Å². The molecule has 0 bridgehead atoms. The number of aliphatic carboxylic acids is 2. The number of carboxylic acids is 2. The minimum Gasteiger partial charge on any atom is -0.480 e. The lowest BCUT2D eigenvalue weighted by atomic mass is 9.82. The zero-order valence-electron chi connectivity index (χ0n) is 17.1. The summed E-state index contributed by atoms with van der Waals surface area (Å²) in [4.78, 5) is 34.4. The fraction of sp³-hybridized carbons (Fsp3) is 0.857. The van der Waals surface area contributed by atoms with Crippen LogP contribution in [-0.4, -0.2) is 35.2 Å². The Labute approximate surface area is 163 Å². The Bertz CT molecular complexity index is 418. The first kappa shape index (κ1) is 25.4. The minimum absolute atomic E-state index is 0.234. The van der Waals surface area contributed by atoms with Crippen molar-refractivity contribution in [3.8, 4) is 0 Å². The van der Waals surface area contributed by atoms with Crippen LogP contribution in [0.15, 0.2) is 0 Å². The molecule has 0 amide bonds. The highest BCUT2D eigenvalue weighted by Gasteiger charge is 2.54. The molecule has 158 valence electrons. The Morgan fingerprint density at radius 3 is 1.30 bits per heavy atom. The summed E-state index contributed by atoms with van der Waals surface area (Å²) < 4.78 is 4.41. The van der Waals surface area contributed by atoms with Crippen molar-refractivity contribution in [1.29, 1.82) is 0 Å². The maximum atomic E-state index is 11.7. The summed E-state index contributed by atoms with van der Waals surface area (Å²) in [7, 11) is 1.01. The summed E-state index contributed by atoms with van der Waals surface area (Å²) in [5, 5.41) is 18.4. The number of methoxy groups -OCH3 is 1. The molecular formula is C21H38O6. The van der Waals surface area contributed by atoms with E-state index < -0.39 is 23.3 Å². The summed E-state index contributed by atoms with van der Waals surface area (Å²) in [6.45, 7) is 2.23. The quantitative estimate of drug-likeness (QED) is 0.191. The predicted molar refractivity (Wildman–Crippen MR) is 105 cm³/mol. The zero-order chi connectivity index (χ0) is 20.5. The highest BCUT2D eigenvalue weighted by molar-refractivity contribution is 6.16. The van der Waals surface area contributed by atoms with E-state index in [4.69, 9.17) is 0 Å². The molecule has 0 radical (unpaired) electrons. The van der Waals surface area contributed by atoms with Gasteiger partial charge in [0.15, 0.2) is 0 Å². The summed E-state index contributed by atoms with van der Waals surface area (Å²) in [6.07, 6.45) is 15.8. The molecule has 0 atom stereocenters. The highest BCUT2D eigenvalue weighted by atomic mass is 16.5. The molecule has 0 saturated carbocycles. The number of hydrogen-bond acceptors (Lipinski definition) is 4. The molecule has 0 aliphatic carbocycles. The van der Waals surface area contributed by atoms with Crippen molar-refractivity contribution >= 4 is 17.9 Å². The Kier molecular flexibility index (Phi) is 14.6. The van der Waals surface area contributed by atoms with Gasteiger partial charge in [-0.1, -0.05) is 96.8 Å². The van der Waals surface area contributed by atoms with Crippen LogP contribution in [0.4, 0.5) is 0 Å². The van der Waals surface area contributed by atoms with Gasteiger partial charge in [-0.2, -0.15) is 0 Å². The largest absolute Gasteiger partial charge is 0.480 e. The van der Waals surface area contributed by atoms with Crippen LogP contribution in [-0.2, 0) is 19.1 Å². The Morgan fingerprint density at radius 2 is 1.00 bits per heavy atom. The van der Waals surface area contributed by atoms with Crippen molar-refractivity contribution in [1.82, 2.24) is 0 Å². The first-order valence-electron chi connectivity index (χ1n) is 10.5. The first-order chi connectivity index (χ1) is 12.9. The standard InChI is InChI=1S/C21H38O6/c1-3-4-5-6-7-8-9-10-11-12-13-14-15-16-17-21(18(22)23,19(24)25)20(26)27-2/h3-17H2,1-2H3,(H,22,23)(H,24,25). The molecule has 0 aromatic carbocycles. The summed E-state index contributed by atoms with van der Waals surface area (Å²) in [5.41, 5.74) is -2.48. The highest BCUT2D eigenvalue weighted by Crippen LogP contribution is 2.28. The van der Waals surface area contributed by atoms with E-state index in [0.717, 1.165) is 32.8 Å². The van der Waals surface area contributed by atoms with Crippen LogP contribution in [0.1, 0.15) is 103 Å². The molecule has 2 N–H and O–H groups in total. The monoisotopic (exact) mass is 386 g/mol. The third-order valence-electron chi connectivity index (χ3n) is 5.17. The SMILES string of the molecule is CCCCCCCCCCCCCCCCC(C(=O)O)(C(=O)O)C(=O)OC. The number of hydrogen-bond donors (Lipinski definition) is 2. The molecule has 0 saturated heterocycles. The van der Waals surface area contributed by atoms with E-state index in [0.29, 0.717) is 6.42 Å². The van der Waals surface area contributed by atoms with Crippen molar-refractivity contribution in [3.63, 3.8) is 0 Å². The number of esters is 1. The second-order valence-electron chi connectivity index (χ2n) is 7.35. The smallest absolute Gasteiger partial charge is 0.334 e. The summed E-state index contributed by atoms with van der Waals surface area (Å²) in [5.74, 6) is -4.52. The van der Waals surface area contributed by atoms with Crippen LogP contribution < -0.4 is 0 Å². The number of carboxylic acid groups (broad SMARTS) is 2. The van der Waals surface area contributed by atoms with Crippen molar-refractivity contribution in [2.75, 3.05) is 7.11 Å². The molecule has 6 nitrogen and oxygen atoms in total. The molecular weight excluding hydrogens is 348 g/mol. The Morgan fingerprint density at radius 1 is 0.667 bits per heavy atom. The van der Waals surface area contributed by atoms with Gasteiger partial charge in [0.2, 0.25) is 0 Å². The van der Waals surface area contributed by atoms with Gasteiger partial charge >= 0.3 is 17.9 Å². The fourth-order valence-corrected chi connectivity index (χ4v) is 3.34. The van der Waals surface area contributed by atoms with Gasteiger partial charge < -0.3 is 14.9 Å². The van der Waals surface area contributed by atoms with Crippen molar-refractivity contribution in [2.24, 2.45) is 5.41 Å². The molecule has 0 aliphatic heterocycles. The second-order valence-corrected chi connectivity index (χ2v) is 7.35.